The van der Waals surface area contributed by atoms with E-state index in [1.165, 1.54) is 0 Å². The summed E-state index contributed by atoms with van der Waals surface area (Å²) in [6.45, 7) is 11.5. The Balaban J connectivity index is 0. The van der Waals surface area contributed by atoms with Crippen LogP contribution < -0.4 is 10.6 Å². The number of carbonyl (C=O) groups is 1. The molecule has 6 heteroatoms. The highest BCUT2D eigenvalue weighted by atomic mass is 127. The smallest absolute Gasteiger partial charge is 0.305 e. The molecule has 0 aromatic heterocycles. The minimum atomic E-state index is -0.0793. The van der Waals surface area contributed by atoms with Crippen molar-refractivity contribution in [3.63, 3.8) is 0 Å². The lowest BCUT2D eigenvalue weighted by atomic mass is 10.1. The first-order chi connectivity index (χ1) is 10.6. The number of ether oxygens (including phenoxy) is 1. The van der Waals surface area contributed by atoms with Gasteiger partial charge in [0.15, 0.2) is 5.96 Å². The standard InChI is InChI=1S/C17H35N3O2.HI/c1-5-18-17(20-14-12-15(3)4)19-13-10-8-7-9-11-16(21)22-6-2;/h15H,5-14H2,1-4H3,(H2,18,19,20);1H. The van der Waals surface area contributed by atoms with Gasteiger partial charge in [-0.2, -0.15) is 0 Å². The van der Waals surface area contributed by atoms with Gasteiger partial charge in [-0.05, 0) is 39.0 Å². The van der Waals surface area contributed by atoms with Crippen LogP contribution in [0.2, 0.25) is 0 Å². The third-order valence-corrected chi connectivity index (χ3v) is 3.22. The number of aliphatic imine (C=N–C) groups is 1. The van der Waals surface area contributed by atoms with Crippen molar-refractivity contribution in [1.82, 2.24) is 10.6 Å². The van der Waals surface area contributed by atoms with Gasteiger partial charge in [-0.15, -0.1) is 24.0 Å². The van der Waals surface area contributed by atoms with E-state index in [1.54, 1.807) is 0 Å². The van der Waals surface area contributed by atoms with E-state index in [2.05, 4.69) is 36.4 Å². The lowest BCUT2D eigenvalue weighted by Gasteiger charge is -2.12. The minimum Gasteiger partial charge on any atom is -0.466 e. The molecule has 138 valence electrons. The van der Waals surface area contributed by atoms with Crippen LogP contribution in [0.5, 0.6) is 0 Å². The molecule has 0 unspecified atom stereocenters. The largest absolute Gasteiger partial charge is 0.466 e. The maximum absolute atomic E-state index is 11.2. The molecular weight excluding hydrogens is 405 g/mol. The van der Waals surface area contributed by atoms with E-state index < -0.39 is 0 Å². The summed E-state index contributed by atoms with van der Waals surface area (Å²) in [5.41, 5.74) is 0. The van der Waals surface area contributed by atoms with Crippen LogP contribution in [0, 0.1) is 5.92 Å². The number of guanidine groups is 1. The highest BCUT2D eigenvalue weighted by Crippen LogP contribution is 2.04. The summed E-state index contributed by atoms with van der Waals surface area (Å²) in [5, 5.41) is 6.63. The molecule has 0 aliphatic heterocycles. The van der Waals surface area contributed by atoms with Gasteiger partial charge in [-0.3, -0.25) is 9.79 Å². The molecule has 0 heterocycles. The number of hydrogen-bond donors (Lipinski definition) is 2. The number of nitrogens with zero attached hydrogens (tertiary/aromatic N) is 1. The third-order valence-electron chi connectivity index (χ3n) is 3.22. The SMILES string of the molecule is CCNC(=NCCCCCCC(=O)OCC)NCCC(C)C.I. The predicted octanol–water partition coefficient (Wildman–Crippen LogP) is 3.72. The van der Waals surface area contributed by atoms with Gasteiger partial charge in [0.25, 0.3) is 0 Å². The predicted molar refractivity (Wildman–Crippen MR) is 109 cm³/mol. The zero-order chi connectivity index (χ0) is 16.6. The third kappa shape index (κ3) is 17.7. The van der Waals surface area contributed by atoms with Crippen molar-refractivity contribution in [2.45, 2.75) is 66.2 Å². The molecule has 0 aliphatic rings. The van der Waals surface area contributed by atoms with Crippen LogP contribution in [0.3, 0.4) is 0 Å². The summed E-state index contributed by atoms with van der Waals surface area (Å²) in [5.74, 6) is 1.54. The molecule has 5 nitrogen and oxygen atoms in total. The Bertz CT molecular complexity index is 310. The second kappa shape index (κ2) is 17.8. The molecule has 2 N–H and O–H groups in total. The monoisotopic (exact) mass is 441 g/mol. The maximum Gasteiger partial charge on any atom is 0.305 e. The molecule has 0 aromatic carbocycles. The van der Waals surface area contributed by atoms with E-state index in [0.29, 0.717) is 18.9 Å². The quantitative estimate of drug-likeness (QED) is 0.159. The number of esters is 1. The van der Waals surface area contributed by atoms with Crippen LogP contribution in [-0.4, -0.2) is 38.2 Å². The van der Waals surface area contributed by atoms with Gasteiger partial charge < -0.3 is 15.4 Å². The zero-order valence-electron chi connectivity index (χ0n) is 15.3. The van der Waals surface area contributed by atoms with Gasteiger partial charge >= 0.3 is 5.97 Å². The fraction of sp³-hybridized carbons (Fsp3) is 0.882. The first kappa shape index (κ1) is 24.7. The number of unbranched alkanes of at least 4 members (excludes halogenated alkanes) is 3. The number of nitrogens with one attached hydrogen (secondary N) is 2. The Hall–Kier alpha value is -0.530. The summed E-state index contributed by atoms with van der Waals surface area (Å²) in [7, 11) is 0. The molecule has 0 fully saturated rings. The number of rotatable bonds is 12. The van der Waals surface area contributed by atoms with Crippen LogP contribution in [0.4, 0.5) is 0 Å². The maximum atomic E-state index is 11.2. The van der Waals surface area contributed by atoms with Crippen molar-refractivity contribution in [3.05, 3.63) is 0 Å². The molecule has 0 amide bonds. The molecule has 0 rings (SSSR count). The van der Waals surface area contributed by atoms with Gasteiger partial charge in [-0.1, -0.05) is 26.7 Å². The molecule has 0 bridgehead atoms. The fourth-order valence-electron chi connectivity index (χ4n) is 1.98. The van der Waals surface area contributed by atoms with Crippen molar-refractivity contribution in [3.8, 4) is 0 Å². The molecule has 0 aromatic rings. The Labute approximate surface area is 159 Å². The normalized spacial score (nSPS) is 11.1. The van der Waals surface area contributed by atoms with E-state index in [1.807, 2.05) is 6.92 Å². The van der Waals surface area contributed by atoms with E-state index in [-0.39, 0.29) is 29.9 Å². The average Bonchev–Trinajstić information content (AvgIpc) is 2.46. The molecule has 23 heavy (non-hydrogen) atoms. The van der Waals surface area contributed by atoms with Crippen molar-refractivity contribution >= 4 is 35.9 Å². The van der Waals surface area contributed by atoms with Crippen LogP contribution in [-0.2, 0) is 9.53 Å². The van der Waals surface area contributed by atoms with Gasteiger partial charge in [0.1, 0.15) is 0 Å². The summed E-state index contributed by atoms with van der Waals surface area (Å²) < 4.78 is 4.90. The fourth-order valence-corrected chi connectivity index (χ4v) is 1.98. The molecule has 0 aliphatic carbocycles. The van der Waals surface area contributed by atoms with Gasteiger partial charge in [0, 0.05) is 26.1 Å². The Morgan fingerprint density at radius 3 is 2.39 bits per heavy atom. The molecule has 0 saturated carbocycles. The topological polar surface area (TPSA) is 62.7 Å². The molecule has 0 spiro atoms. The molecular formula is C17H36IN3O2. The minimum absolute atomic E-state index is 0. The second-order valence-electron chi connectivity index (χ2n) is 5.84. The molecule has 0 radical (unpaired) electrons. The molecule has 0 atom stereocenters. The number of halogens is 1. The van der Waals surface area contributed by atoms with E-state index in [9.17, 15) is 4.79 Å². The summed E-state index contributed by atoms with van der Waals surface area (Å²) >= 11 is 0. The van der Waals surface area contributed by atoms with Crippen molar-refractivity contribution < 1.29 is 9.53 Å². The van der Waals surface area contributed by atoms with E-state index in [4.69, 9.17) is 4.74 Å². The van der Waals surface area contributed by atoms with Crippen molar-refractivity contribution in [1.29, 1.82) is 0 Å². The second-order valence-corrected chi connectivity index (χ2v) is 5.84. The van der Waals surface area contributed by atoms with E-state index in [0.717, 1.165) is 57.7 Å². The van der Waals surface area contributed by atoms with Gasteiger partial charge in [-0.25, -0.2) is 0 Å². The summed E-state index contributed by atoms with van der Waals surface area (Å²) in [6, 6.07) is 0. The lowest BCUT2D eigenvalue weighted by Crippen LogP contribution is -2.38. The molecule has 0 saturated heterocycles. The van der Waals surface area contributed by atoms with Crippen LogP contribution in [0.1, 0.15) is 66.2 Å². The Morgan fingerprint density at radius 1 is 1.09 bits per heavy atom. The first-order valence-corrected chi connectivity index (χ1v) is 8.77. The highest BCUT2D eigenvalue weighted by Gasteiger charge is 2.01. The van der Waals surface area contributed by atoms with Crippen molar-refractivity contribution in [2.75, 3.05) is 26.2 Å². The number of carbonyl (C=O) groups excluding carboxylic acids is 1. The van der Waals surface area contributed by atoms with Crippen molar-refractivity contribution in [2.24, 2.45) is 10.9 Å². The van der Waals surface area contributed by atoms with Crippen LogP contribution in [0.25, 0.3) is 0 Å². The van der Waals surface area contributed by atoms with Gasteiger partial charge in [0.05, 0.1) is 6.61 Å². The number of hydrogen-bond acceptors (Lipinski definition) is 3. The van der Waals surface area contributed by atoms with Crippen LogP contribution in [0.15, 0.2) is 4.99 Å². The van der Waals surface area contributed by atoms with E-state index >= 15 is 0 Å². The van der Waals surface area contributed by atoms with Crippen LogP contribution >= 0.6 is 24.0 Å². The summed E-state index contributed by atoms with van der Waals surface area (Å²) in [6.07, 6.45) is 5.83. The zero-order valence-corrected chi connectivity index (χ0v) is 17.7. The van der Waals surface area contributed by atoms with Gasteiger partial charge in [0.2, 0.25) is 0 Å². The summed E-state index contributed by atoms with van der Waals surface area (Å²) in [4.78, 5) is 15.8. The average molecular weight is 441 g/mol. The highest BCUT2D eigenvalue weighted by molar-refractivity contribution is 14.0. The first-order valence-electron chi connectivity index (χ1n) is 8.77. The Kier molecular flexibility index (Phi) is 19.1. The lowest BCUT2D eigenvalue weighted by molar-refractivity contribution is -0.143. The Morgan fingerprint density at radius 2 is 1.78 bits per heavy atom.